The van der Waals surface area contributed by atoms with E-state index in [2.05, 4.69) is 9.88 Å². The van der Waals surface area contributed by atoms with Crippen molar-refractivity contribution in [2.24, 2.45) is 0 Å². The van der Waals surface area contributed by atoms with Gasteiger partial charge in [0.25, 0.3) is 5.17 Å². The summed E-state index contributed by atoms with van der Waals surface area (Å²) in [5, 5.41) is 3.29. The average molecular weight is 387 g/mol. The van der Waals surface area contributed by atoms with Gasteiger partial charge in [-0.2, -0.15) is 0 Å². The Morgan fingerprint density at radius 1 is 1.37 bits per heavy atom. The Labute approximate surface area is 162 Å². The first-order valence-electron chi connectivity index (χ1n) is 8.91. The molecule has 7 nitrogen and oxygen atoms in total. The number of fused-ring (bicyclic) bond motifs is 3. The monoisotopic (exact) mass is 387 g/mol. The topological polar surface area (TPSA) is 65.0 Å². The third kappa shape index (κ3) is 3.63. The summed E-state index contributed by atoms with van der Waals surface area (Å²) >= 11 is 5.05. The Bertz CT molecular complexity index is 866. The number of carbonyl (C=O) groups is 1. The highest BCUT2D eigenvalue weighted by Crippen LogP contribution is 2.29. The predicted octanol–water partition coefficient (Wildman–Crippen LogP) is 2.74. The largest absolute Gasteiger partial charge is 0.471 e. The van der Waals surface area contributed by atoms with Gasteiger partial charge in [-0.05, 0) is 43.4 Å². The van der Waals surface area contributed by atoms with Gasteiger partial charge in [-0.3, -0.25) is 4.90 Å². The fourth-order valence-electron chi connectivity index (χ4n) is 3.32. The number of hydrogen-bond donors (Lipinski definition) is 1. The number of anilines is 1. The maximum Gasteiger partial charge on any atom is 0.414 e. The van der Waals surface area contributed by atoms with E-state index in [4.69, 9.17) is 26.4 Å². The van der Waals surface area contributed by atoms with Gasteiger partial charge in [0.05, 0.1) is 38.6 Å². The van der Waals surface area contributed by atoms with Gasteiger partial charge in [-0.1, -0.05) is 6.07 Å². The van der Waals surface area contributed by atoms with E-state index in [9.17, 15) is 4.79 Å². The van der Waals surface area contributed by atoms with E-state index in [1.54, 1.807) is 4.90 Å². The molecule has 0 aliphatic carbocycles. The van der Waals surface area contributed by atoms with Crippen molar-refractivity contribution in [2.75, 3.05) is 24.6 Å². The number of cyclic esters (lactones) is 1. The highest BCUT2D eigenvalue weighted by atomic mass is 32.1. The van der Waals surface area contributed by atoms with Crippen LogP contribution in [0.3, 0.4) is 0 Å². The van der Waals surface area contributed by atoms with E-state index in [1.807, 2.05) is 43.5 Å². The number of aromatic nitrogens is 1. The molecule has 2 aliphatic rings. The number of carbonyl (C=O) groups excluding carboxylic acids is 1. The van der Waals surface area contributed by atoms with Crippen LogP contribution in [0, 0.1) is 0 Å². The third-order valence-electron chi connectivity index (χ3n) is 4.60. The molecule has 0 spiro atoms. The van der Waals surface area contributed by atoms with Crippen molar-refractivity contribution in [3.63, 3.8) is 0 Å². The molecule has 27 heavy (non-hydrogen) atoms. The van der Waals surface area contributed by atoms with Gasteiger partial charge in [0.1, 0.15) is 6.10 Å². The lowest BCUT2D eigenvalue weighted by atomic mass is 10.1. The lowest BCUT2D eigenvalue weighted by Gasteiger charge is -2.17. The first-order chi connectivity index (χ1) is 13.2. The molecule has 2 aromatic rings. The molecule has 0 bridgehead atoms. The zero-order valence-corrected chi connectivity index (χ0v) is 15.8. The average Bonchev–Trinajstić information content (AvgIpc) is 3.23. The van der Waals surface area contributed by atoms with Gasteiger partial charge < -0.3 is 24.1 Å². The Balaban J connectivity index is 1.52. The summed E-state index contributed by atoms with van der Waals surface area (Å²) in [7, 11) is 0. The maximum atomic E-state index is 12.4. The van der Waals surface area contributed by atoms with Crippen molar-refractivity contribution < 1.29 is 19.0 Å². The molecule has 8 heteroatoms. The number of amides is 1. The number of benzene rings is 1. The third-order valence-corrected chi connectivity index (χ3v) is 4.87. The van der Waals surface area contributed by atoms with E-state index in [-0.39, 0.29) is 12.2 Å². The van der Waals surface area contributed by atoms with Crippen LogP contribution in [-0.4, -0.2) is 41.6 Å². The number of rotatable bonds is 4. The van der Waals surface area contributed by atoms with Gasteiger partial charge in [0.15, 0.2) is 0 Å². The van der Waals surface area contributed by atoms with E-state index < -0.39 is 0 Å². The second kappa shape index (κ2) is 7.58. The summed E-state index contributed by atoms with van der Waals surface area (Å²) in [4.78, 5) is 14.0. The van der Waals surface area contributed by atoms with Gasteiger partial charge in [-0.25, -0.2) is 4.79 Å². The lowest BCUT2D eigenvalue weighted by molar-refractivity contribution is 0.108. The zero-order valence-electron chi connectivity index (χ0n) is 15.0. The number of nitrogens with zero attached hydrogens (tertiary/aromatic N) is 2. The van der Waals surface area contributed by atoms with E-state index in [0.29, 0.717) is 38.1 Å². The Kier molecular flexibility index (Phi) is 5.00. The van der Waals surface area contributed by atoms with Crippen molar-refractivity contribution in [3.8, 4) is 5.69 Å². The van der Waals surface area contributed by atoms with Crippen molar-refractivity contribution in [1.29, 1.82) is 0 Å². The van der Waals surface area contributed by atoms with Crippen LogP contribution in [0.15, 0.2) is 36.5 Å². The van der Waals surface area contributed by atoms with Crippen molar-refractivity contribution in [3.05, 3.63) is 47.8 Å². The molecular formula is C19H21N3O4S. The first kappa shape index (κ1) is 17.8. The van der Waals surface area contributed by atoms with Gasteiger partial charge in [-0.15, -0.1) is 0 Å². The molecule has 1 aromatic carbocycles. The van der Waals surface area contributed by atoms with E-state index in [0.717, 1.165) is 22.6 Å². The highest BCUT2D eigenvalue weighted by Gasteiger charge is 2.33. The minimum atomic E-state index is -0.360. The standard InChI is InChI=1S/C19H21N3O4S/c1-2-25-18(27)20-9-16-10-22(19(23)26-16)14-6-5-13-11-24-12-15-4-3-7-21(15)17(13)8-14/h3-8,16H,2,9-12H2,1H3,(H,20,27)/t16-/m0/s1. The molecule has 0 radical (unpaired) electrons. The van der Waals surface area contributed by atoms with Crippen LogP contribution in [0.5, 0.6) is 0 Å². The minimum absolute atomic E-state index is 0.291. The zero-order chi connectivity index (χ0) is 18.8. The summed E-state index contributed by atoms with van der Waals surface area (Å²) in [6.07, 6.45) is 1.36. The minimum Gasteiger partial charge on any atom is -0.471 e. The summed E-state index contributed by atoms with van der Waals surface area (Å²) in [6, 6.07) is 9.97. The quantitative estimate of drug-likeness (QED) is 0.814. The second-order valence-corrected chi connectivity index (χ2v) is 6.76. The normalized spacial score (nSPS) is 18.3. The summed E-state index contributed by atoms with van der Waals surface area (Å²) in [5.41, 5.74) is 4.00. The van der Waals surface area contributed by atoms with Gasteiger partial charge in [0.2, 0.25) is 0 Å². The van der Waals surface area contributed by atoms with Crippen LogP contribution < -0.4 is 10.2 Å². The molecule has 0 saturated carbocycles. The van der Waals surface area contributed by atoms with E-state index >= 15 is 0 Å². The van der Waals surface area contributed by atoms with Crippen molar-refractivity contribution in [2.45, 2.75) is 26.2 Å². The second-order valence-electron chi connectivity index (χ2n) is 6.39. The highest BCUT2D eigenvalue weighted by molar-refractivity contribution is 7.80. The molecular weight excluding hydrogens is 366 g/mol. The number of hydrogen-bond acceptors (Lipinski definition) is 5. The lowest BCUT2D eigenvalue weighted by Crippen LogP contribution is -2.34. The van der Waals surface area contributed by atoms with Crippen molar-refractivity contribution >= 4 is 29.2 Å². The molecule has 0 unspecified atom stereocenters. The summed E-state index contributed by atoms with van der Waals surface area (Å²) in [5.74, 6) is 0. The first-order valence-corrected chi connectivity index (χ1v) is 9.32. The molecule has 1 atom stereocenters. The smallest absolute Gasteiger partial charge is 0.414 e. The molecule has 3 heterocycles. The van der Waals surface area contributed by atoms with Crippen LogP contribution in [0.2, 0.25) is 0 Å². The van der Waals surface area contributed by atoms with Crippen LogP contribution in [-0.2, 0) is 27.4 Å². The van der Waals surface area contributed by atoms with Crippen molar-refractivity contribution in [1.82, 2.24) is 9.88 Å². The number of ether oxygens (including phenoxy) is 3. The fourth-order valence-corrected chi connectivity index (χ4v) is 3.52. The molecule has 1 amide bonds. The van der Waals surface area contributed by atoms with Gasteiger partial charge in [0, 0.05) is 23.1 Å². The molecule has 142 valence electrons. The van der Waals surface area contributed by atoms with Crippen LogP contribution >= 0.6 is 12.2 Å². The van der Waals surface area contributed by atoms with Crippen LogP contribution in [0.25, 0.3) is 5.69 Å². The fraction of sp³-hybridized carbons (Fsp3) is 0.368. The molecule has 1 saturated heterocycles. The molecule has 2 aliphatic heterocycles. The Morgan fingerprint density at radius 3 is 3.11 bits per heavy atom. The summed E-state index contributed by atoms with van der Waals surface area (Å²) < 4.78 is 18.5. The Morgan fingerprint density at radius 2 is 2.26 bits per heavy atom. The van der Waals surface area contributed by atoms with Gasteiger partial charge >= 0.3 is 6.09 Å². The van der Waals surface area contributed by atoms with Crippen LogP contribution in [0.1, 0.15) is 18.2 Å². The predicted molar refractivity (Wildman–Crippen MR) is 104 cm³/mol. The maximum absolute atomic E-state index is 12.4. The molecule has 1 N–H and O–H groups in total. The summed E-state index contributed by atoms with van der Waals surface area (Å²) in [6.45, 7) is 4.35. The molecule has 1 aromatic heterocycles. The number of thiocarbonyl (C=S) groups is 1. The SMILES string of the molecule is CCOC(=S)NC[C@H]1CN(c2ccc3c(c2)-n2cccc2COC3)C(=O)O1. The molecule has 1 fully saturated rings. The Hall–Kier alpha value is -2.58. The molecule has 4 rings (SSSR count). The number of nitrogens with one attached hydrogen (secondary N) is 1. The van der Waals surface area contributed by atoms with Crippen LogP contribution in [0.4, 0.5) is 10.5 Å². The van der Waals surface area contributed by atoms with E-state index in [1.165, 1.54) is 0 Å².